The van der Waals surface area contributed by atoms with Crippen LogP contribution in [-0.4, -0.2) is 46.5 Å². The minimum Gasteiger partial charge on any atom is -0.388 e. The van der Waals surface area contributed by atoms with Gasteiger partial charge < -0.3 is 20.5 Å². The van der Waals surface area contributed by atoms with Crippen LogP contribution in [0.15, 0.2) is 30.5 Å². The Hall–Kier alpha value is -1.89. The van der Waals surface area contributed by atoms with Crippen molar-refractivity contribution in [3.05, 3.63) is 35.5 Å². The van der Waals surface area contributed by atoms with E-state index in [0.717, 1.165) is 22.9 Å². The molecule has 1 aliphatic carbocycles. The largest absolute Gasteiger partial charge is 0.388 e. The highest BCUT2D eigenvalue weighted by molar-refractivity contribution is 6.33. The van der Waals surface area contributed by atoms with Gasteiger partial charge in [0.05, 0.1) is 16.3 Å². The minimum absolute atomic E-state index is 0.450. The molecule has 4 rings (SSSR count). The number of anilines is 2. The Morgan fingerprint density at radius 3 is 2.72 bits per heavy atom. The molecular formula is C22H29ClN4O2. The Bertz CT molecular complexity index is 820. The van der Waals surface area contributed by atoms with E-state index >= 15 is 0 Å². The maximum atomic E-state index is 10.6. The summed E-state index contributed by atoms with van der Waals surface area (Å²) in [5, 5.41) is 18.0. The van der Waals surface area contributed by atoms with Gasteiger partial charge in [-0.2, -0.15) is 0 Å². The van der Waals surface area contributed by atoms with E-state index in [9.17, 15) is 5.11 Å². The fourth-order valence-electron chi connectivity index (χ4n) is 4.04. The molecule has 1 saturated heterocycles. The van der Waals surface area contributed by atoms with E-state index in [1.165, 1.54) is 32.1 Å². The molecule has 0 aromatic carbocycles. The van der Waals surface area contributed by atoms with Crippen molar-refractivity contribution in [3.63, 3.8) is 0 Å². The molecule has 7 heteroatoms. The molecule has 2 aromatic rings. The SMILES string of the molecule is OC1(CNc2cccc(-c3cc(NC4CCCCC4)ncc3Cl)n2)CCOCC1. The molecule has 156 valence electrons. The third-order valence-electron chi connectivity index (χ3n) is 5.86. The number of hydrogen-bond donors (Lipinski definition) is 3. The Labute approximate surface area is 177 Å². The summed E-state index contributed by atoms with van der Waals surface area (Å²) in [6, 6.07) is 8.26. The predicted octanol–water partition coefficient (Wildman–Crippen LogP) is 4.50. The average Bonchev–Trinajstić information content (AvgIpc) is 2.75. The van der Waals surface area contributed by atoms with Gasteiger partial charge in [0, 0.05) is 50.4 Å². The van der Waals surface area contributed by atoms with E-state index in [1.54, 1.807) is 6.20 Å². The van der Waals surface area contributed by atoms with Crippen molar-refractivity contribution in [2.45, 2.75) is 56.6 Å². The highest BCUT2D eigenvalue weighted by Crippen LogP contribution is 2.30. The fourth-order valence-corrected chi connectivity index (χ4v) is 4.24. The van der Waals surface area contributed by atoms with Crippen LogP contribution in [0.4, 0.5) is 11.6 Å². The Balaban J connectivity index is 1.47. The number of halogens is 1. The monoisotopic (exact) mass is 416 g/mol. The number of ether oxygens (including phenoxy) is 1. The van der Waals surface area contributed by atoms with Crippen LogP contribution >= 0.6 is 11.6 Å². The van der Waals surface area contributed by atoms with Gasteiger partial charge in [-0.05, 0) is 31.0 Å². The smallest absolute Gasteiger partial charge is 0.126 e. The van der Waals surface area contributed by atoms with Crippen molar-refractivity contribution in [3.8, 4) is 11.3 Å². The van der Waals surface area contributed by atoms with Crippen molar-refractivity contribution in [1.82, 2.24) is 9.97 Å². The van der Waals surface area contributed by atoms with E-state index in [-0.39, 0.29) is 0 Å². The summed E-state index contributed by atoms with van der Waals surface area (Å²) < 4.78 is 5.34. The van der Waals surface area contributed by atoms with E-state index < -0.39 is 5.60 Å². The lowest BCUT2D eigenvalue weighted by atomic mass is 9.94. The van der Waals surface area contributed by atoms with Gasteiger partial charge in [0.1, 0.15) is 11.6 Å². The first-order valence-corrected chi connectivity index (χ1v) is 10.9. The van der Waals surface area contributed by atoms with E-state index in [2.05, 4.69) is 15.6 Å². The number of aliphatic hydroxyl groups is 1. The maximum absolute atomic E-state index is 10.6. The molecule has 1 aliphatic heterocycles. The van der Waals surface area contributed by atoms with Gasteiger partial charge in [0.15, 0.2) is 0 Å². The number of aromatic nitrogens is 2. The number of rotatable bonds is 6. The molecule has 0 bridgehead atoms. The minimum atomic E-state index is -0.749. The first-order valence-electron chi connectivity index (χ1n) is 10.5. The van der Waals surface area contributed by atoms with Crippen molar-refractivity contribution >= 4 is 23.2 Å². The molecule has 2 fully saturated rings. The van der Waals surface area contributed by atoms with Crippen LogP contribution in [0, 0.1) is 0 Å². The second kappa shape index (κ2) is 9.28. The van der Waals surface area contributed by atoms with Crippen molar-refractivity contribution in [2.24, 2.45) is 0 Å². The third kappa shape index (κ3) is 5.38. The summed E-state index contributed by atoms with van der Waals surface area (Å²) in [4.78, 5) is 9.17. The van der Waals surface area contributed by atoms with Gasteiger partial charge in [-0.1, -0.05) is 36.9 Å². The molecule has 3 heterocycles. The van der Waals surface area contributed by atoms with Gasteiger partial charge in [-0.15, -0.1) is 0 Å². The van der Waals surface area contributed by atoms with E-state index in [1.807, 2.05) is 24.3 Å². The van der Waals surface area contributed by atoms with Crippen LogP contribution < -0.4 is 10.6 Å². The van der Waals surface area contributed by atoms with Crippen LogP contribution in [0.2, 0.25) is 5.02 Å². The lowest BCUT2D eigenvalue weighted by Gasteiger charge is -2.32. The number of nitrogens with zero attached hydrogens (tertiary/aromatic N) is 2. The molecule has 0 amide bonds. The molecule has 3 N–H and O–H groups in total. The average molecular weight is 417 g/mol. The standard InChI is InChI=1S/C22H29ClN4O2/c23-18-14-24-21(26-16-5-2-1-3-6-16)13-17(18)19-7-4-8-20(27-19)25-15-22(28)9-11-29-12-10-22/h4,7-8,13-14,16,28H,1-3,5-6,9-12,15H2,(H,24,26)(H,25,27). The first-order chi connectivity index (χ1) is 14.1. The molecule has 2 aliphatic rings. The highest BCUT2D eigenvalue weighted by atomic mass is 35.5. The zero-order valence-corrected chi connectivity index (χ0v) is 17.4. The van der Waals surface area contributed by atoms with Gasteiger partial charge in [0.25, 0.3) is 0 Å². The summed E-state index contributed by atoms with van der Waals surface area (Å²) >= 11 is 6.44. The summed E-state index contributed by atoms with van der Waals surface area (Å²) in [5.41, 5.74) is 0.892. The summed E-state index contributed by atoms with van der Waals surface area (Å²) in [7, 11) is 0. The number of nitrogens with one attached hydrogen (secondary N) is 2. The van der Waals surface area contributed by atoms with Crippen LogP contribution in [0.1, 0.15) is 44.9 Å². The Morgan fingerprint density at radius 2 is 1.93 bits per heavy atom. The molecule has 0 atom stereocenters. The topological polar surface area (TPSA) is 79.3 Å². The van der Waals surface area contributed by atoms with Crippen molar-refractivity contribution < 1.29 is 9.84 Å². The maximum Gasteiger partial charge on any atom is 0.126 e. The van der Waals surface area contributed by atoms with Crippen LogP contribution in [0.5, 0.6) is 0 Å². The molecule has 0 radical (unpaired) electrons. The number of hydrogen-bond acceptors (Lipinski definition) is 6. The molecule has 0 spiro atoms. The highest BCUT2D eigenvalue weighted by Gasteiger charge is 2.29. The fraction of sp³-hybridized carbons (Fsp3) is 0.545. The zero-order valence-electron chi connectivity index (χ0n) is 16.7. The van der Waals surface area contributed by atoms with Crippen molar-refractivity contribution in [1.29, 1.82) is 0 Å². The van der Waals surface area contributed by atoms with E-state index in [4.69, 9.17) is 21.3 Å². The zero-order chi connectivity index (χ0) is 20.1. The van der Waals surface area contributed by atoms with Crippen LogP contribution in [0.25, 0.3) is 11.3 Å². The third-order valence-corrected chi connectivity index (χ3v) is 6.16. The Morgan fingerprint density at radius 1 is 1.14 bits per heavy atom. The predicted molar refractivity (Wildman–Crippen MR) is 116 cm³/mol. The summed E-state index contributed by atoms with van der Waals surface area (Å²) in [5.74, 6) is 1.56. The molecular weight excluding hydrogens is 388 g/mol. The van der Waals surface area contributed by atoms with Crippen LogP contribution in [-0.2, 0) is 4.74 Å². The van der Waals surface area contributed by atoms with Gasteiger partial charge in [0.2, 0.25) is 0 Å². The molecule has 0 unspecified atom stereocenters. The summed E-state index contributed by atoms with van der Waals surface area (Å²) in [6.07, 6.45) is 9.18. The van der Waals surface area contributed by atoms with Gasteiger partial charge >= 0.3 is 0 Å². The number of pyridine rings is 2. The quantitative estimate of drug-likeness (QED) is 0.643. The molecule has 1 saturated carbocycles. The lowest BCUT2D eigenvalue weighted by molar-refractivity contribution is -0.0543. The van der Waals surface area contributed by atoms with Gasteiger partial charge in [-0.25, -0.2) is 9.97 Å². The first kappa shape index (κ1) is 20.4. The van der Waals surface area contributed by atoms with Crippen LogP contribution in [0.3, 0.4) is 0 Å². The lowest BCUT2D eigenvalue weighted by Crippen LogP contribution is -2.42. The second-order valence-electron chi connectivity index (χ2n) is 8.13. The van der Waals surface area contributed by atoms with E-state index in [0.29, 0.717) is 43.7 Å². The molecule has 6 nitrogen and oxygen atoms in total. The molecule has 2 aromatic heterocycles. The normalized spacial score (nSPS) is 19.7. The summed E-state index contributed by atoms with van der Waals surface area (Å²) in [6.45, 7) is 1.63. The molecule has 29 heavy (non-hydrogen) atoms. The van der Waals surface area contributed by atoms with Crippen molar-refractivity contribution in [2.75, 3.05) is 30.4 Å². The Kier molecular flexibility index (Phi) is 6.53. The van der Waals surface area contributed by atoms with Gasteiger partial charge in [-0.3, -0.25) is 0 Å². The second-order valence-corrected chi connectivity index (χ2v) is 8.53.